The first kappa shape index (κ1) is 14.9. The zero-order valence-corrected chi connectivity index (χ0v) is 13.1. The van der Waals surface area contributed by atoms with Gasteiger partial charge in [0.05, 0.1) is 16.6 Å². The second-order valence-electron chi connectivity index (χ2n) is 5.39. The number of imidazole rings is 1. The molecule has 0 atom stereocenters. The van der Waals surface area contributed by atoms with E-state index in [4.69, 9.17) is 0 Å². The van der Waals surface area contributed by atoms with Crippen molar-refractivity contribution in [3.8, 4) is 0 Å². The van der Waals surface area contributed by atoms with Crippen LogP contribution in [0.4, 0.5) is 0 Å². The monoisotopic (exact) mass is 303 g/mol. The van der Waals surface area contributed by atoms with Gasteiger partial charge in [-0.15, -0.1) is 0 Å². The molecule has 0 aliphatic carbocycles. The second-order valence-corrected chi connectivity index (χ2v) is 5.39. The fourth-order valence-electron chi connectivity index (χ4n) is 2.36. The largest absolute Gasteiger partial charge is 0.336 e. The van der Waals surface area contributed by atoms with Crippen LogP contribution in [-0.4, -0.2) is 21.2 Å². The Bertz CT molecular complexity index is 868. The number of carbonyl (C=O) groups excluding carboxylic acids is 1. The fraction of sp³-hybridized carbons (Fsp3) is 0.105. The van der Waals surface area contributed by atoms with Gasteiger partial charge in [0.2, 0.25) is 0 Å². The van der Waals surface area contributed by atoms with Crippen LogP contribution in [0.3, 0.4) is 0 Å². The number of pyridine rings is 1. The highest BCUT2D eigenvalue weighted by Gasteiger charge is 2.02. The summed E-state index contributed by atoms with van der Waals surface area (Å²) in [6.07, 6.45) is 2.53. The minimum absolute atomic E-state index is 0.389. The van der Waals surface area contributed by atoms with Crippen molar-refractivity contribution in [2.75, 3.05) is 0 Å². The lowest BCUT2D eigenvalue weighted by molar-refractivity contribution is 0.111. The molecule has 0 aliphatic rings. The van der Waals surface area contributed by atoms with Crippen molar-refractivity contribution in [3.05, 3.63) is 71.7 Å². The lowest BCUT2D eigenvalue weighted by atomic mass is 10.1. The van der Waals surface area contributed by atoms with Gasteiger partial charge in [-0.1, -0.05) is 24.3 Å². The predicted molar refractivity (Wildman–Crippen MR) is 92.7 cm³/mol. The van der Waals surface area contributed by atoms with Crippen molar-refractivity contribution < 1.29 is 4.79 Å². The Balaban J connectivity index is 0.000000140. The molecule has 0 fully saturated rings. The summed E-state index contributed by atoms with van der Waals surface area (Å²) >= 11 is 0. The summed E-state index contributed by atoms with van der Waals surface area (Å²) in [6, 6.07) is 16.1. The van der Waals surface area contributed by atoms with E-state index in [1.54, 1.807) is 0 Å². The molecule has 23 heavy (non-hydrogen) atoms. The number of nitrogens with one attached hydrogen (secondary N) is 1. The van der Waals surface area contributed by atoms with E-state index in [0.717, 1.165) is 22.8 Å². The number of fused-ring (bicyclic) bond motifs is 2. The highest BCUT2D eigenvalue weighted by molar-refractivity contribution is 5.83. The van der Waals surface area contributed by atoms with Crippen LogP contribution in [0.25, 0.3) is 21.9 Å². The van der Waals surface area contributed by atoms with E-state index >= 15 is 0 Å². The van der Waals surface area contributed by atoms with Crippen molar-refractivity contribution in [2.24, 2.45) is 0 Å². The van der Waals surface area contributed by atoms with E-state index in [2.05, 4.69) is 27.1 Å². The summed E-state index contributed by atoms with van der Waals surface area (Å²) in [7, 11) is 0. The van der Waals surface area contributed by atoms with Gasteiger partial charge >= 0.3 is 0 Å². The molecule has 2 aromatic carbocycles. The number of rotatable bonds is 1. The number of para-hydroxylation sites is 1. The molecule has 0 radical (unpaired) electrons. The topological polar surface area (TPSA) is 58.6 Å². The van der Waals surface area contributed by atoms with Crippen LogP contribution in [0.1, 0.15) is 21.7 Å². The van der Waals surface area contributed by atoms with Crippen LogP contribution in [0.15, 0.2) is 54.7 Å². The maximum absolute atomic E-state index is 10.5. The Kier molecular flexibility index (Phi) is 4.15. The number of aromatic amines is 1. The van der Waals surface area contributed by atoms with E-state index < -0.39 is 0 Å². The molecule has 1 N–H and O–H groups in total. The molecule has 0 spiro atoms. The predicted octanol–water partition coefficient (Wildman–Crippen LogP) is 4.23. The maximum Gasteiger partial charge on any atom is 0.185 e. The summed E-state index contributed by atoms with van der Waals surface area (Å²) in [5, 5.41) is 1.20. The number of H-pyrrole nitrogens is 1. The highest BCUT2D eigenvalue weighted by Crippen LogP contribution is 2.16. The molecule has 0 saturated carbocycles. The summed E-state index contributed by atoms with van der Waals surface area (Å²) in [6.45, 7) is 4.07. The van der Waals surface area contributed by atoms with E-state index in [0.29, 0.717) is 5.82 Å². The number of carbonyl (C=O) groups is 1. The van der Waals surface area contributed by atoms with Crippen molar-refractivity contribution in [3.63, 3.8) is 0 Å². The molecule has 4 heteroatoms. The molecular formula is C19H17N3O. The number of aryl methyl sites for hydroxylation is 2. The Hall–Kier alpha value is -3.01. The minimum Gasteiger partial charge on any atom is -0.336 e. The molecule has 4 rings (SSSR count). The van der Waals surface area contributed by atoms with E-state index in [1.165, 1.54) is 16.5 Å². The van der Waals surface area contributed by atoms with Gasteiger partial charge in [-0.05, 0) is 49.2 Å². The van der Waals surface area contributed by atoms with Crippen LogP contribution in [0, 0.1) is 13.8 Å². The Morgan fingerprint density at radius 1 is 0.957 bits per heavy atom. The van der Waals surface area contributed by atoms with Crippen LogP contribution < -0.4 is 0 Å². The zero-order chi connectivity index (χ0) is 16.2. The average molecular weight is 303 g/mol. The van der Waals surface area contributed by atoms with Gasteiger partial charge in [-0.3, -0.25) is 9.78 Å². The van der Waals surface area contributed by atoms with E-state index in [1.807, 2.05) is 56.4 Å². The molecule has 0 bridgehead atoms. The SMILES string of the molecule is Cc1cc2nc(C=O)[nH]c2cc1C.c1ccc2ncccc2c1. The second kappa shape index (κ2) is 6.40. The minimum atomic E-state index is 0.389. The number of aromatic nitrogens is 3. The van der Waals surface area contributed by atoms with Crippen molar-refractivity contribution in [1.82, 2.24) is 15.0 Å². The Morgan fingerprint density at radius 3 is 2.48 bits per heavy atom. The average Bonchev–Trinajstić information content (AvgIpc) is 2.98. The number of hydrogen-bond acceptors (Lipinski definition) is 3. The maximum atomic E-state index is 10.5. The third-order valence-electron chi connectivity index (χ3n) is 3.74. The Labute approximate surface area is 134 Å². The summed E-state index contributed by atoms with van der Waals surface area (Å²) < 4.78 is 0. The molecule has 2 heterocycles. The molecule has 4 nitrogen and oxygen atoms in total. The van der Waals surface area contributed by atoms with E-state index in [-0.39, 0.29) is 0 Å². The number of benzene rings is 2. The molecular weight excluding hydrogens is 286 g/mol. The summed E-state index contributed by atoms with van der Waals surface area (Å²) in [5.41, 5.74) is 5.23. The molecule has 0 saturated heterocycles. The van der Waals surface area contributed by atoms with Crippen molar-refractivity contribution in [2.45, 2.75) is 13.8 Å². The molecule has 0 amide bonds. The number of nitrogens with zero attached hydrogens (tertiary/aromatic N) is 2. The molecule has 2 aromatic heterocycles. The lowest BCUT2D eigenvalue weighted by Gasteiger charge is -1.97. The number of hydrogen-bond donors (Lipinski definition) is 1. The van der Waals surface area contributed by atoms with Crippen molar-refractivity contribution in [1.29, 1.82) is 0 Å². The van der Waals surface area contributed by atoms with Crippen LogP contribution >= 0.6 is 0 Å². The van der Waals surface area contributed by atoms with Crippen LogP contribution in [-0.2, 0) is 0 Å². The van der Waals surface area contributed by atoms with Gasteiger partial charge in [0.15, 0.2) is 12.1 Å². The Morgan fingerprint density at radius 2 is 1.70 bits per heavy atom. The van der Waals surface area contributed by atoms with Gasteiger partial charge in [0.25, 0.3) is 0 Å². The lowest BCUT2D eigenvalue weighted by Crippen LogP contribution is -1.79. The van der Waals surface area contributed by atoms with Gasteiger partial charge < -0.3 is 4.98 Å². The first-order valence-electron chi connectivity index (χ1n) is 7.39. The fourth-order valence-corrected chi connectivity index (χ4v) is 2.36. The first-order chi connectivity index (χ1) is 11.2. The quantitative estimate of drug-likeness (QED) is 0.535. The van der Waals surface area contributed by atoms with Gasteiger partial charge in [-0.2, -0.15) is 0 Å². The standard InChI is InChI=1S/C10H10N2O.C9H7N/c1-6-3-8-9(4-7(6)2)12-10(5-13)11-8;1-2-6-9-8(4-1)5-3-7-10-9/h3-5H,1-2H3,(H,11,12);1-7H. The smallest absolute Gasteiger partial charge is 0.185 e. The van der Waals surface area contributed by atoms with Gasteiger partial charge in [0.1, 0.15) is 0 Å². The van der Waals surface area contributed by atoms with Crippen LogP contribution in [0.5, 0.6) is 0 Å². The third-order valence-corrected chi connectivity index (χ3v) is 3.74. The number of aldehydes is 1. The van der Waals surface area contributed by atoms with Gasteiger partial charge in [-0.25, -0.2) is 4.98 Å². The third kappa shape index (κ3) is 3.26. The van der Waals surface area contributed by atoms with Crippen LogP contribution in [0.2, 0.25) is 0 Å². The summed E-state index contributed by atoms with van der Waals surface area (Å²) in [5.74, 6) is 0.389. The normalized spacial score (nSPS) is 10.3. The first-order valence-corrected chi connectivity index (χ1v) is 7.39. The van der Waals surface area contributed by atoms with Crippen molar-refractivity contribution >= 4 is 28.2 Å². The molecule has 0 unspecified atom stereocenters. The van der Waals surface area contributed by atoms with E-state index in [9.17, 15) is 4.79 Å². The zero-order valence-electron chi connectivity index (χ0n) is 13.1. The highest BCUT2D eigenvalue weighted by atomic mass is 16.1. The molecule has 0 aliphatic heterocycles. The summed E-state index contributed by atoms with van der Waals surface area (Å²) in [4.78, 5) is 21.7. The van der Waals surface area contributed by atoms with Gasteiger partial charge in [0, 0.05) is 11.6 Å². The molecule has 4 aromatic rings. The molecule has 114 valence electrons.